The molecule has 0 aromatic rings. The fraction of sp³-hybridized carbons (Fsp3) is 0.800. The lowest BCUT2D eigenvalue weighted by Crippen LogP contribution is -1.94. The molecule has 0 aromatic heterocycles. The summed E-state index contributed by atoms with van der Waals surface area (Å²) in [4.78, 5) is 0. The Kier molecular flexibility index (Phi) is 8.99. The summed E-state index contributed by atoms with van der Waals surface area (Å²) in [6, 6.07) is 2.33. The van der Waals surface area contributed by atoms with Crippen LogP contribution in [-0.2, 0) is 0 Å². The second kappa shape index (κ2) is 6.74. The van der Waals surface area contributed by atoms with Crippen LogP contribution < -0.4 is 5.73 Å². The molecule has 0 heterocycles. The molecule has 0 atom stereocenters. The molecule has 0 radical (unpaired) electrons. The lowest BCUT2D eigenvalue weighted by molar-refractivity contribution is 1.07. The van der Waals surface area contributed by atoms with Gasteiger partial charge in [-0.15, -0.1) is 12.4 Å². The molecule has 1 rings (SSSR count). The van der Waals surface area contributed by atoms with Crippen LogP contribution in [0.2, 0.25) is 0 Å². The van der Waals surface area contributed by atoms with Gasteiger partial charge in [0.15, 0.2) is 0 Å². The van der Waals surface area contributed by atoms with E-state index in [0.717, 1.165) is 0 Å². The van der Waals surface area contributed by atoms with Gasteiger partial charge in [-0.05, 0) is 12.8 Å². The molecular formula is C5H11ClN2. The second-order valence-corrected chi connectivity index (χ2v) is 1.56. The van der Waals surface area contributed by atoms with Crippen molar-refractivity contribution in [3.05, 3.63) is 0 Å². The number of nitriles is 1. The minimum absolute atomic E-state index is 0. The van der Waals surface area contributed by atoms with Gasteiger partial charge in [0.05, 0.1) is 6.07 Å². The Hall–Kier alpha value is -0.260. The molecule has 0 spiro atoms. The quantitative estimate of drug-likeness (QED) is 0.539. The largest absolute Gasteiger partial charge is 0.328 e. The van der Waals surface area contributed by atoms with Crippen LogP contribution in [0.3, 0.4) is 0 Å². The summed E-state index contributed by atoms with van der Waals surface area (Å²) in [6.07, 6.45) is 2.53. The molecule has 0 aromatic carbocycles. The van der Waals surface area contributed by atoms with Crippen molar-refractivity contribution in [2.75, 3.05) is 0 Å². The van der Waals surface area contributed by atoms with Gasteiger partial charge in [0.2, 0.25) is 0 Å². The number of rotatable bonds is 0. The average molecular weight is 135 g/mol. The highest BCUT2D eigenvalue weighted by atomic mass is 35.5. The SMILES string of the molecule is CC#N.Cl.NC1CC1. The monoisotopic (exact) mass is 134 g/mol. The molecule has 2 nitrogen and oxygen atoms in total. The minimum Gasteiger partial charge on any atom is -0.328 e. The maximum atomic E-state index is 7.32. The molecule has 8 heavy (non-hydrogen) atoms. The molecule has 0 bridgehead atoms. The van der Waals surface area contributed by atoms with Crippen molar-refractivity contribution in [1.82, 2.24) is 0 Å². The smallest absolute Gasteiger partial charge is 0.0587 e. The van der Waals surface area contributed by atoms with E-state index in [1.807, 2.05) is 0 Å². The lowest BCUT2D eigenvalue weighted by Gasteiger charge is -1.58. The van der Waals surface area contributed by atoms with Gasteiger partial charge in [0.25, 0.3) is 0 Å². The third-order valence-corrected chi connectivity index (χ3v) is 0.622. The van der Waals surface area contributed by atoms with Crippen LogP contribution >= 0.6 is 12.4 Å². The third-order valence-electron chi connectivity index (χ3n) is 0.622. The predicted molar refractivity (Wildman–Crippen MR) is 35.7 cm³/mol. The first-order valence-corrected chi connectivity index (χ1v) is 2.37. The van der Waals surface area contributed by atoms with E-state index in [4.69, 9.17) is 11.0 Å². The molecule has 0 unspecified atom stereocenters. The fourth-order valence-corrected chi connectivity index (χ4v) is 0.0962. The highest BCUT2D eigenvalue weighted by molar-refractivity contribution is 5.85. The van der Waals surface area contributed by atoms with Crippen LogP contribution in [0.1, 0.15) is 19.8 Å². The minimum atomic E-state index is 0. The van der Waals surface area contributed by atoms with Gasteiger partial charge in [-0.1, -0.05) is 0 Å². The van der Waals surface area contributed by atoms with Gasteiger partial charge in [-0.3, -0.25) is 0 Å². The van der Waals surface area contributed by atoms with Gasteiger partial charge in [-0.2, -0.15) is 5.26 Å². The maximum Gasteiger partial charge on any atom is 0.0587 e. The zero-order valence-corrected chi connectivity index (χ0v) is 5.74. The normalized spacial score (nSPS) is 14.1. The summed E-state index contributed by atoms with van der Waals surface area (Å²) >= 11 is 0. The van der Waals surface area contributed by atoms with Crippen molar-refractivity contribution in [1.29, 1.82) is 5.26 Å². The van der Waals surface area contributed by atoms with Crippen LogP contribution in [0.15, 0.2) is 0 Å². The number of halogens is 1. The first-order valence-electron chi connectivity index (χ1n) is 2.37. The van der Waals surface area contributed by atoms with Crippen molar-refractivity contribution < 1.29 is 0 Å². The number of nitrogens with zero attached hydrogens (tertiary/aromatic N) is 1. The molecular weight excluding hydrogens is 124 g/mol. The van der Waals surface area contributed by atoms with E-state index in [1.165, 1.54) is 19.8 Å². The molecule has 2 N–H and O–H groups in total. The van der Waals surface area contributed by atoms with Gasteiger partial charge in [0, 0.05) is 13.0 Å². The van der Waals surface area contributed by atoms with Gasteiger partial charge < -0.3 is 5.73 Å². The van der Waals surface area contributed by atoms with Crippen molar-refractivity contribution in [3.8, 4) is 6.07 Å². The van der Waals surface area contributed by atoms with Crippen molar-refractivity contribution >= 4 is 12.4 Å². The Balaban J connectivity index is 0. The van der Waals surface area contributed by atoms with Crippen LogP contribution in [0.4, 0.5) is 0 Å². The van der Waals surface area contributed by atoms with E-state index in [-0.39, 0.29) is 12.4 Å². The predicted octanol–water partition coefficient (Wildman–Crippen LogP) is 1.06. The number of hydrogen-bond donors (Lipinski definition) is 1. The Morgan fingerprint density at radius 3 is 1.75 bits per heavy atom. The summed E-state index contributed by atoms with van der Waals surface area (Å²) in [5.41, 5.74) is 5.22. The topological polar surface area (TPSA) is 49.8 Å². The summed E-state index contributed by atoms with van der Waals surface area (Å²) in [6.45, 7) is 1.43. The standard InChI is InChI=1S/C3H7N.C2H3N.ClH/c4-3-1-2-3;1-2-3;/h3H,1-2,4H2;1H3;1H. The number of hydrogen-bond acceptors (Lipinski definition) is 2. The zero-order chi connectivity index (χ0) is 5.70. The molecule has 1 aliphatic carbocycles. The molecule has 3 heteroatoms. The van der Waals surface area contributed by atoms with Crippen LogP contribution in [-0.4, -0.2) is 6.04 Å². The van der Waals surface area contributed by atoms with Gasteiger partial charge >= 0.3 is 0 Å². The average Bonchev–Trinajstić information content (AvgIpc) is 2.25. The van der Waals surface area contributed by atoms with Gasteiger partial charge in [-0.25, -0.2) is 0 Å². The Bertz CT molecular complexity index is 73.0. The highest BCUT2D eigenvalue weighted by Crippen LogP contribution is 2.13. The van der Waals surface area contributed by atoms with E-state index >= 15 is 0 Å². The molecule has 1 fully saturated rings. The molecule has 0 aliphatic heterocycles. The Morgan fingerprint density at radius 1 is 1.62 bits per heavy atom. The van der Waals surface area contributed by atoms with Crippen LogP contribution in [0.5, 0.6) is 0 Å². The molecule has 1 aliphatic rings. The van der Waals surface area contributed by atoms with Crippen molar-refractivity contribution in [2.24, 2.45) is 5.73 Å². The van der Waals surface area contributed by atoms with E-state index in [2.05, 4.69) is 0 Å². The molecule has 0 amide bonds. The zero-order valence-electron chi connectivity index (χ0n) is 4.92. The van der Waals surface area contributed by atoms with E-state index < -0.39 is 0 Å². The summed E-state index contributed by atoms with van der Waals surface area (Å²) in [5.74, 6) is 0. The Morgan fingerprint density at radius 2 is 1.75 bits per heavy atom. The number of nitrogens with two attached hydrogens (primary N) is 1. The van der Waals surface area contributed by atoms with Crippen molar-refractivity contribution in [3.63, 3.8) is 0 Å². The first-order chi connectivity index (χ1) is 3.31. The van der Waals surface area contributed by atoms with Gasteiger partial charge in [0.1, 0.15) is 0 Å². The van der Waals surface area contributed by atoms with E-state index in [1.54, 1.807) is 6.07 Å². The summed E-state index contributed by atoms with van der Waals surface area (Å²) < 4.78 is 0. The van der Waals surface area contributed by atoms with E-state index in [9.17, 15) is 0 Å². The maximum absolute atomic E-state index is 7.32. The molecule has 48 valence electrons. The summed E-state index contributed by atoms with van der Waals surface area (Å²) in [7, 11) is 0. The lowest BCUT2D eigenvalue weighted by atomic mass is 10.8. The fourth-order valence-electron chi connectivity index (χ4n) is 0.0962. The van der Waals surface area contributed by atoms with E-state index in [0.29, 0.717) is 6.04 Å². The first kappa shape index (κ1) is 10.7. The second-order valence-electron chi connectivity index (χ2n) is 1.56. The van der Waals surface area contributed by atoms with Crippen LogP contribution in [0, 0.1) is 11.3 Å². The highest BCUT2D eigenvalue weighted by Gasteiger charge is 2.13. The van der Waals surface area contributed by atoms with Crippen molar-refractivity contribution in [2.45, 2.75) is 25.8 Å². The molecule has 0 saturated heterocycles. The molecule has 1 saturated carbocycles. The third kappa shape index (κ3) is 17.2. The Labute approximate surface area is 56.1 Å². The summed E-state index contributed by atoms with van der Waals surface area (Å²) in [5, 5.41) is 7.32. The van der Waals surface area contributed by atoms with Crippen LogP contribution in [0.25, 0.3) is 0 Å².